The summed E-state index contributed by atoms with van der Waals surface area (Å²) in [5.74, 6) is -1.12. The largest absolute Gasteiger partial charge is 0.398 e. The highest BCUT2D eigenvalue weighted by atomic mass is 79.9. The van der Waals surface area contributed by atoms with Gasteiger partial charge in [-0.15, -0.1) is 0 Å². The molecule has 0 saturated carbocycles. The van der Waals surface area contributed by atoms with Crippen molar-refractivity contribution in [2.45, 2.75) is 11.4 Å². The summed E-state index contributed by atoms with van der Waals surface area (Å²) in [6.45, 7) is -0.103. The molecular formula is C13H11BrF2N2O2S. The maximum atomic E-state index is 13.3. The molecule has 2 aromatic rings. The van der Waals surface area contributed by atoms with E-state index in [-0.39, 0.29) is 21.6 Å². The number of rotatable bonds is 4. The van der Waals surface area contributed by atoms with Crippen molar-refractivity contribution >= 4 is 31.6 Å². The summed E-state index contributed by atoms with van der Waals surface area (Å²) < 4.78 is 52.9. The number of nitrogens with two attached hydrogens (primary N) is 1. The van der Waals surface area contributed by atoms with Gasteiger partial charge in [-0.1, -0.05) is 12.1 Å². The molecule has 0 bridgehead atoms. The molecule has 112 valence electrons. The molecule has 0 unspecified atom stereocenters. The Labute approximate surface area is 129 Å². The predicted molar refractivity (Wildman–Crippen MR) is 78.9 cm³/mol. The van der Waals surface area contributed by atoms with Gasteiger partial charge in [0.05, 0.1) is 10.2 Å². The van der Waals surface area contributed by atoms with Gasteiger partial charge in [-0.25, -0.2) is 21.9 Å². The highest BCUT2D eigenvalue weighted by Gasteiger charge is 2.19. The molecule has 0 radical (unpaired) electrons. The van der Waals surface area contributed by atoms with Crippen molar-refractivity contribution in [2.75, 3.05) is 5.73 Å². The van der Waals surface area contributed by atoms with Crippen LogP contribution < -0.4 is 10.5 Å². The molecule has 21 heavy (non-hydrogen) atoms. The minimum Gasteiger partial charge on any atom is -0.398 e. The van der Waals surface area contributed by atoms with Crippen molar-refractivity contribution < 1.29 is 17.2 Å². The lowest BCUT2D eigenvalue weighted by molar-refractivity contribution is 0.579. The van der Waals surface area contributed by atoms with Crippen LogP contribution in [0.25, 0.3) is 0 Å². The number of nitrogen functional groups attached to an aromatic ring is 1. The topological polar surface area (TPSA) is 72.2 Å². The monoisotopic (exact) mass is 376 g/mol. The van der Waals surface area contributed by atoms with Gasteiger partial charge in [0.1, 0.15) is 16.5 Å². The zero-order chi connectivity index (χ0) is 15.6. The molecule has 0 fully saturated rings. The molecular weight excluding hydrogens is 366 g/mol. The molecule has 0 atom stereocenters. The third-order valence-electron chi connectivity index (χ3n) is 2.70. The predicted octanol–water partition coefficient (Wildman–Crippen LogP) is 2.79. The summed E-state index contributed by atoms with van der Waals surface area (Å²) in [4.78, 5) is -0.243. The van der Waals surface area contributed by atoms with Gasteiger partial charge in [0.15, 0.2) is 0 Å². The fourth-order valence-electron chi connectivity index (χ4n) is 1.68. The molecule has 0 saturated heterocycles. The van der Waals surface area contributed by atoms with Crippen molar-refractivity contribution in [1.82, 2.24) is 4.72 Å². The van der Waals surface area contributed by atoms with Gasteiger partial charge in [-0.2, -0.15) is 0 Å². The van der Waals surface area contributed by atoms with E-state index in [9.17, 15) is 17.2 Å². The van der Waals surface area contributed by atoms with E-state index in [1.165, 1.54) is 18.2 Å². The van der Waals surface area contributed by atoms with Crippen molar-refractivity contribution in [2.24, 2.45) is 0 Å². The molecule has 0 spiro atoms. The van der Waals surface area contributed by atoms with E-state index < -0.39 is 21.7 Å². The zero-order valence-corrected chi connectivity index (χ0v) is 13.0. The normalized spacial score (nSPS) is 11.6. The highest BCUT2D eigenvalue weighted by molar-refractivity contribution is 9.10. The standard InChI is InChI=1S/C13H11BrF2N2O2S/c14-10-5-13(12(17)6-11(10)16)21(19,20)18-7-8-2-1-3-9(15)4-8/h1-6,18H,7,17H2. The SMILES string of the molecule is Nc1cc(F)c(Br)cc1S(=O)(=O)NCc1cccc(F)c1. The van der Waals surface area contributed by atoms with Gasteiger partial charge in [0.25, 0.3) is 0 Å². The van der Waals surface area contributed by atoms with Crippen LogP contribution in [0, 0.1) is 11.6 Å². The van der Waals surface area contributed by atoms with Crippen LogP contribution in [0.1, 0.15) is 5.56 Å². The number of sulfonamides is 1. The Balaban J connectivity index is 2.25. The lowest BCUT2D eigenvalue weighted by Gasteiger charge is -2.10. The van der Waals surface area contributed by atoms with Gasteiger partial charge in [-0.05, 0) is 45.8 Å². The maximum absolute atomic E-state index is 13.3. The number of nitrogens with one attached hydrogen (secondary N) is 1. The maximum Gasteiger partial charge on any atom is 0.242 e. The molecule has 3 N–H and O–H groups in total. The van der Waals surface area contributed by atoms with E-state index >= 15 is 0 Å². The minimum absolute atomic E-state index is 0.0113. The summed E-state index contributed by atoms with van der Waals surface area (Å²) in [6, 6.07) is 7.52. The number of hydrogen-bond donors (Lipinski definition) is 2. The molecule has 8 heteroatoms. The molecule has 0 aliphatic rings. The van der Waals surface area contributed by atoms with Crippen molar-refractivity contribution in [3.63, 3.8) is 0 Å². The van der Waals surface area contributed by atoms with E-state index in [4.69, 9.17) is 5.73 Å². The summed E-state index contributed by atoms with van der Waals surface area (Å²) in [5, 5.41) is 0. The fourth-order valence-corrected chi connectivity index (χ4v) is 3.33. The summed E-state index contributed by atoms with van der Waals surface area (Å²) >= 11 is 2.91. The fraction of sp³-hybridized carbons (Fsp3) is 0.0769. The van der Waals surface area contributed by atoms with E-state index in [2.05, 4.69) is 20.7 Å². The molecule has 0 aromatic heterocycles. The van der Waals surface area contributed by atoms with E-state index in [0.717, 1.165) is 12.1 Å². The molecule has 4 nitrogen and oxygen atoms in total. The highest BCUT2D eigenvalue weighted by Crippen LogP contribution is 2.26. The lowest BCUT2D eigenvalue weighted by atomic mass is 10.2. The van der Waals surface area contributed by atoms with Crippen LogP contribution in [-0.2, 0) is 16.6 Å². The van der Waals surface area contributed by atoms with Crippen LogP contribution in [0.2, 0.25) is 0 Å². The number of hydrogen-bond acceptors (Lipinski definition) is 3. The molecule has 0 aliphatic carbocycles. The molecule has 2 rings (SSSR count). The van der Waals surface area contributed by atoms with E-state index in [1.54, 1.807) is 6.07 Å². The minimum atomic E-state index is -3.94. The second kappa shape index (κ2) is 6.08. The first-order valence-electron chi connectivity index (χ1n) is 5.78. The molecule has 2 aromatic carbocycles. The van der Waals surface area contributed by atoms with E-state index in [0.29, 0.717) is 5.56 Å². The number of halogens is 3. The van der Waals surface area contributed by atoms with Gasteiger partial charge < -0.3 is 5.73 Å². The van der Waals surface area contributed by atoms with Gasteiger partial charge in [0, 0.05) is 6.54 Å². The first kappa shape index (κ1) is 15.9. The first-order chi connectivity index (χ1) is 9.79. The quantitative estimate of drug-likeness (QED) is 0.805. The Morgan fingerprint density at radius 3 is 2.57 bits per heavy atom. The summed E-state index contributed by atoms with van der Waals surface area (Å²) in [6.07, 6.45) is 0. The Bertz CT molecular complexity index is 782. The Morgan fingerprint density at radius 1 is 1.19 bits per heavy atom. The van der Waals surface area contributed by atoms with E-state index in [1.807, 2.05) is 0 Å². The van der Waals surface area contributed by atoms with Crippen LogP contribution in [0.5, 0.6) is 0 Å². The second-order valence-corrected chi connectivity index (χ2v) is 6.85. The van der Waals surface area contributed by atoms with Gasteiger partial charge in [0.2, 0.25) is 10.0 Å². The van der Waals surface area contributed by atoms with Crippen molar-refractivity contribution in [1.29, 1.82) is 0 Å². The van der Waals surface area contributed by atoms with Crippen LogP contribution in [0.15, 0.2) is 45.8 Å². The number of anilines is 1. The third-order valence-corrected chi connectivity index (χ3v) is 4.76. The Morgan fingerprint density at radius 2 is 1.90 bits per heavy atom. The first-order valence-corrected chi connectivity index (χ1v) is 8.06. The van der Waals surface area contributed by atoms with Crippen LogP contribution >= 0.6 is 15.9 Å². The molecule has 0 aliphatic heterocycles. The zero-order valence-electron chi connectivity index (χ0n) is 10.6. The smallest absolute Gasteiger partial charge is 0.242 e. The average molecular weight is 377 g/mol. The number of benzene rings is 2. The summed E-state index contributed by atoms with van der Waals surface area (Å²) in [7, 11) is -3.94. The Kier molecular flexibility index (Phi) is 4.60. The van der Waals surface area contributed by atoms with Crippen molar-refractivity contribution in [3.05, 3.63) is 58.1 Å². The average Bonchev–Trinajstić information content (AvgIpc) is 2.41. The van der Waals surface area contributed by atoms with Crippen LogP contribution in [-0.4, -0.2) is 8.42 Å². The lowest BCUT2D eigenvalue weighted by Crippen LogP contribution is -2.24. The second-order valence-electron chi connectivity index (χ2n) is 4.26. The van der Waals surface area contributed by atoms with Crippen LogP contribution in [0.4, 0.5) is 14.5 Å². The van der Waals surface area contributed by atoms with Crippen molar-refractivity contribution in [3.8, 4) is 0 Å². The Hall–Kier alpha value is -1.51. The molecule has 0 amide bonds. The van der Waals surface area contributed by atoms with Gasteiger partial charge >= 0.3 is 0 Å². The summed E-state index contributed by atoms with van der Waals surface area (Å²) in [5.41, 5.74) is 5.78. The third kappa shape index (κ3) is 3.78. The van der Waals surface area contributed by atoms with Crippen LogP contribution in [0.3, 0.4) is 0 Å². The van der Waals surface area contributed by atoms with Gasteiger partial charge in [-0.3, -0.25) is 0 Å². The molecule has 0 heterocycles.